The Labute approximate surface area is 110 Å². The zero-order chi connectivity index (χ0) is 13.3. The van der Waals surface area contributed by atoms with E-state index in [0.29, 0.717) is 19.0 Å². The number of hydrogen-bond acceptors (Lipinski definition) is 3. The van der Waals surface area contributed by atoms with Crippen molar-refractivity contribution in [3.05, 3.63) is 0 Å². The molecular weight excluding hydrogens is 228 g/mol. The number of amides is 1. The molecule has 0 radical (unpaired) electrons. The van der Waals surface area contributed by atoms with Crippen molar-refractivity contribution in [1.29, 1.82) is 0 Å². The van der Waals surface area contributed by atoms with E-state index in [1.54, 1.807) is 0 Å². The minimum atomic E-state index is 0.0104. The summed E-state index contributed by atoms with van der Waals surface area (Å²) in [7, 11) is 0. The molecule has 104 valence electrons. The van der Waals surface area contributed by atoms with Crippen molar-refractivity contribution in [2.24, 2.45) is 17.6 Å². The van der Waals surface area contributed by atoms with Gasteiger partial charge in [0.15, 0.2) is 0 Å². The molecule has 0 bridgehead atoms. The van der Waals surface area contributed by atoms with E-state index in [4.69, 9.17) is 10.5 Å². The van der Waals surface area contributed by atoms with Gasteiger partial charge < -0.3 is 15.4 Å². The maximum Gasteiger partial charge on any atom is 0.227 e. The average molecular weight is 254 g/mol. The Morgan fingerprint density at radius 1 is 1.17 bits per heavy atom. The molecule has 2 aliphatic rings. The van der Waals surface area contributed by atoms with Gasteiger partial charge in [-0.15, -0.1) is 0 Å². The van der Waals surface area contributed by atoms with E-state index in [1.165, 1.54) is 0 Å². The van der Waals surface area contributed by atoms with Crippen molar-refractivity contribution in [3.63, 3.8) is 0 Å². The summed E-state index contributed by atoms with van der Waals surface area (Å²) in [6.07, 6.45) is 3.53. The van der Waals surface area contributed by atoms with Crippen molar-refractivity contribution in [1.82, 2.24) is 4.90 Å². The van der Waals surface area contributed by atoms with Gasteiger partial charge in [-0.05, 0) is 32.6 Å². The van der Waals surface area contributed by atoms with Crippen molar-refractivity contribution >= 4 is 5.91 Å². The normalized spacial score (nSPS) is 41.8. The lowest BCUT2D eigenvalue weighted by Crippen LogP contribution is -2.54. The van der Waals surface area contributed by atoms with Crippen LogP contribution in [0.25, 0.3) is 0 Å². The van der Waals surface area contributed by atoms with Gasteiger partial charge in [0.05, 0.1) is 18.1 Å². The van der Waals surface area contributed by atoms with Gasteiger partial charge in [0.2, 0.25) is 5.91 Å². The van der Waals surface area contributed by atoms with Crippen LogP contribution in [0, 0.1) is 11.8 Å². The summed E-state index contributed by atoms with van der Waals surface area (Å²) < 4.78 is 5.68. The molecule has 0 spiro atoms. The second-order valence-corrected chi connectivity index (χ2v) is 6.10. The number of nitrogens with zero attached hydrogens (tertiary/aromatic N) is 1. The first-order valence-corrected chi connectivity index (χ1v) is 7.19. The number of ether oxygens (including phenoxy) is 1. The maximum atomic E-state index is 12.7. The summed E-state index contributed by atoms with van der Waals surface area (Å²) in [4.78, 5) is 14.6. The maximum absolute atomic E-state index is 12.7. The van der Waals surface area contributed by atoms with E-state index < -0.39 is 0 Å². The van der Waals surface area contributed by atoms with Gasteiger partial charge in [0.1, 0.15) is 0 Å². The number of morpholine rings is 1. The zero-order valence-corrected chi connectivity index (χ0v) is 11.8. The lowest BCUT2D eigenvalue weighted by atomic mass is 9.76. The van der Waals surface area contributed by atoms with E-state index in [0.717, 1.165) is 19.3 Å². The zero-order valence-electron chi connectivity index (χ0n) is 11.8. The van der Waals surface area contributed by atoms with Crippen LogP contribution in [-0.2, 0) is 9.53 Å². The highest BCUT2D eigenvalue weighted by Gasteiger charge is 2.38. The highest BCUT2D eigenvalue weighted by molar-refractivity contribution is 5.80. The van der Waals surface area contributed by atoms with Crippen LogP contribution < -0.4 is 5.73 Å². The fraction of sp³-hybridized carbons (Fsp3) is 0.929. The molecule has 0 aromatic rings. The second kappa shape index (κ2) is 5.57. The van der Waals surface area contributed by atoms with Crippen molar-refractivity contribution in [3.8, 4) is 0 Å². The van der Waals surface area contributed by atoms with E-state index in [1.807, 2.05) is 18.7 Å². The van der Waals surface area contributed by atoms with Gasteiger partial charge in [0.25, 0.3) is 0 Å². The van der Waals surface area contributed by atoms with E-state index in [-0.39, 0.29) is 30.1 Å². The van der Waals surface area contributed by atoms with Gasteiger partial charge in [-0.1, -0.05) is 13.3 Å². The third kappa shape index (κ3) is 2.86. The molecule has 4 nitrogen and oxygen atoms in total. The van der Waals surface area contributed by atoms with Gasteiger partial charge in [-0.2, -0.15) is 0 Å². The molecular formula is C14H26N2O2. The Hall–Kier alpha value is -0.610. The largest absolute Gasteiger partial charge is 0.372 e. The van der Waals surface area contributed by atoms with Crippen LogP contribution in [0.15, 0.2) is 0 Å². The second-order valence-electron chi connectivity index (χ2n) is 6.10. The number of carbonyl (C=O) groups is 1. The molecule has 1 amide bonds. The Morgan fingerprint density at radius 3 is 2.33 bits per heavy atom. The average Bonchev–Trinajstić information content (AvgIpc) is 2.27. The first kappa shape index (κ1) is 13.8. The lowest BCUT2D eigenvalue weighted by Gasteiger charge is -2.41. The predicted octanol–water partition coefficient (Wildman–Crippen LogP) is 1.39. The Kier molecular flexibility index (Phi) is 4.28. The number of rotatable bonds is 1. The summed E-state index contributed by atoms with van der Waals surface area (Å²) in [6, 6.07) is 0.0368. The monoisotopic (exact) mass is 254 g/mol. The van der Waals surface area contributed by atoms with E-state index >= 15 is 0 Å². The number of nitrogens with two attached hydrogens (primary N) is 1. The fourth-order valence-electron chi connectivity index (χ4n) is 3.45. The van der Waals surface area contributed by atoms with Crippen LogP contribution in [0.1, 0.15) is 40.0 Å². The summed E-state index contributed by atoms with van der Waals surface area (Å²) in [5, 5.41) is 0. The third-order valence-electron chi connectivity index (χ3n) is 4.29. The SMILES string of the molecule is CC1CN(C(=O)C2C(C)CCCC2N)CC(C)O1. The smallest absolute Gasteiger partial charge is 0.227 e. The number of carbonyl (C=O) groups excluding carboxylic acids is 1. The minimum absolute atomic E-state index is 0.0104. The van der Waals surface area contributed by atoms with Crippen molar-refractivity contribution in [2.45, 2.75) is 58.3 Å². The predicted molar refractivity (Wildman–Crippen MR) is 71.1 cm³/mol. The van der Waals surface area contributed by atoms with Crippen molar-refractivity contribution < 1.29 is 9.53 Å². The first-order valence-electron chi connectivity index (χ1n) is 7.19. The van der Waals surface area contributed by atoms with Crippen LogP contribution in [0.2, 0.25) is 0 Å². The van der Waals surface area contributed by atoms with Gasteiger partial charge in [-0.3, -0.25) is 4.79 Å². The van der Waals surface area contributed by atoms with Gasteiger partial charge in [-0.25, -0.2) is 0 Å². The first-order chi connectivity index (χ1) is 8.49. The molecule has 18 heavy (non-hydrogen) atoms. The molecule has 1 saturated carbocycles. The van der Waals surface area contributed by atoms with Crippen LogP contribution in [0.5, 0.6) is 0 Å². The summed E-state index contributed by atoms with van der Waals surface area (Å²) in [5.41, 5.74) is 6.17. The highest BCUT2D eigenvalue weighted by atomic mass is 16.5. The summed E-state index contributed by atoms with van der Waals surface area (Å²) >= 11 is 0. The summed E-state index contributed by atoms with van der Waals surface area (Å²) in [5.74, 6) is 0.669. The molecule has 1 saturated heterocycles. The summed E-state index contributed by atoms with van der Waals surface area (Å²) in [6.45, 7) is 7.63. The minimum Gasteiger partial charge on any atom is -0.372 e. The van der Waals surface area contributed by atoms with Crippen molar-refractivity contribution in [2.75, 3.05) is 13.1 Å². The molecule has 4 heteroatoms. The third-order valence-corrected chi connectivity index (χ3v) is 4.29. The Bertz CT molecular complexity index is 288. The standard InChI is InChI=1S/C14H26N2O2/c1-9-5-4-6-12(15)13(9)14(17)16-7-10(2)18-11(3)8-16/h9-13H,4-8,15H2,1-3H3. The highest BCUT2D eigenvalue weighted by Crippen LogP contribution is 2.31. The quantitative estimate of drug-likeness (QED) is 0.769. The molecule has 1 heterocycles. The van der Waals surface area contributed by atoms with E-state index in [9.17, 15) is 4.79 Å². The molecule has 5 unspecified atom stereocenters. The molecule has 1 aliphatic carbocycles. The van der Waals surface area contributed by atoms with Crippen LogP contribution in [0.4, 0.5) is 0 Å². The molecule has 0 aromatic carbocycles. The Morgan fingerprint density at radius 2 is 1.78 bits per heavy atom. The van der Waals surface area contributed by atoms with Crippen LogP contribution >= 0.6 is 0 Å². The number of hydrogen-bond donors (Lipinski definition) is 1. The lowest BCUT2D eigenvalue weighted by molar-refractivity contribution is -0.150. The van der Waals surface area contributed by atoms with E-state index in [2.05, 4.69) is 6.92 Å². The molecule has 2 N–H and O–H groups in total. The topological polar surface area (TPSA) is 55.6 Å². The molecule has 2 fully saturated rings. The van der Waals surface area contributed by atoms with Gasteiger partial charge >= 0.3 is 0 Å². The fourth-order valence-corrected chi connectivity index (χ4v) is 3.45. The molecule has 1 aliphatic heterocycles. The van der Waals surface area contributed by atoms with Crippen LogP contribution in [-0.4, -0.2) is 42.1 Å². The van der Waals surface area contributed by atoms with Crippen LogP contribution in [0.3, 0.4) is 0 Å². The molecule has 0 aromatic heterocycles. The molecule has 5 atom stereocenters. The molecule has 2 rings (SSSR count). The van der Waals surface area contributed by atoms with Gasteiger partial charge in [0, 0.05) is 19.1 Å². The Balaban J connectivity index is 2.05.